The number of likely N-dealkylation sites (tertiary alicyclic amines) is 1. The third-order valence-electron chi connectivity index (χ3n) is 4.35. The van der Waals surface area contributed by atoms with Gasteiger partial charge in [-0.1, -0.05) is 6.42 Å². The summed E-state index contributed by atoms with van der Waals surface area (Å²) in [4.78, 5) is 6.49. The highest BCUT2D eigenvalue weighted by molar-refractivity contribution is 5.46. The Bertz CT molecular complexity index is 419. The lowest BCUT2D eigenvalue weighted by molar-refractivity contribution is -0.0209. The number of hydrogen-bond donors (Lipinski definition) is 2. The van der Waals surface area contributed by atoms with E-state index in [0.29, 0.717) is 5.82 Å². The summed E-state index contributed by atoms with van der Waals surface area (Å²) in [6, 6.07) is 1.90. The summed E-state index contributed by atoms with van der Waals surface area (Å²) < 4.78 is 0. The second-order valence-corrected chi connectivity index (χ2v) is 6.03. The number of pyridine rings is 1. The third-order valence-corrected chi connectivity index (χ3v) is 4.35. The first-order valence-corrected chi connectivity index (χ1v) is 7.08. The van der Waals surface area contributed by atoms with Gasteiger partial charge < -0.3 is 10.8 Å². The number of rotatable bonds is 3. The molecule has 106 valence electrons. The maximum Gasteiger partial charge on any atom is 0.129 e. The number of hydrogen-bond acceptors (Lipinski definition) is 4. The summed E-state index contributed by atoms with van der Waals surface area (Å²) in [5.74, 6) is 0.442. The fourth-order valence-electron chi connectivity index (χ4n) is 2.94. The standard InChI is InChI=1S/C15H25N3O/c1-11-7-8-17-14(16)12(11)13(19)15(2,3)18-9-5-4-6-10-18/h7-8,13,19H,4-6,9-10H2,1-3H3,(H2,16,17). The molecule has 2 rings (SSSR count). The van der Waals surface area contributed by atoms with Crippen molar-refractivity contribution in [1.82, 2.24) is 9.88 Å². The number of nitrogens with zero attached hydrogens (tertiary/aromatic N) is 2. The third kappa shape index (κ3) is 2.74. The molecule has 4 nitrogen and oxygen atoms in total. The van der Waals surface area contributed by atoms with Crippen molar-refractivity contribution in [2.75, 3.05) is 18.8 Å². The van der Waals surface area contributed by atoms with E-state index in [-0.39, 0.29) is 5.54 Å². The first-order chi connectivity index (χ1) is 8.94. The van der Waals surface area contributed by atoms with Crippen molar-refractivity contribution in [1.29, 1.82) is 0 Å². The van der Waals surface area contributed by atoms with Gasteiger partial charge in [-0.25, -0.2) is 4.98 Å². The molecule has 0 amide bonds. The minimum atomic E-state index is -0.612. The van der Waals surface area contributed by atoms with Crippen LogP contribution in [-0.2, 0) is 0 Å². The van der Waals surface area contributed by atoms with Crippen LogP contribution in [0.4, 0.5) is 5.82 Å². The van der Waals surface area contributed by atoms with Gasteiger partial charge in [-0.3, -0.25) is 4.90 Å². The highest BCUT2D eigenvalue weighted by Gasteiger charge is 2.37. The Labute approximate surface area is 115 Å². The summed E-state index contributed by atoms with van der Waals surface area (Å²) >= 11 is 0. The molecule has 0 aliphatic carbocycles. The molecule has 0 spiro atoms. The van der Waals surface area contributed by atoms with Gasteiger partial charge in [-0.15, -0.1) is 0 Å². The van der Waals surface area contributed by atoms with E-state index in [1.54, 1.807) is 6.20 Å². The second kappa shape index (κ2) is 5.47. The van der Waals surface area contributed by atoms with Gasteiger partial charge in [-0.05, 0) is 58.3 Å². The van der Waals surface area contributed by atoms with Gasteiger partial charge in [0, 0.05) is 17.3 Å². The first kappa shape index (κ1) is 14.3. The van der Waals surface area contributed by atoms with Crippen molar-refractivity contribution in [3.05, 3.63) is 23.4 Å². The average Bonchev–Trinajstić information content (AvgIpc) is 2.39. The van der Waals surface area contributed by atoms with Gasteiger partial charge in [0.2, 0.25) is 0 Å². The molecule has 2 heterocycles. The number of anilines is 1. The summed E-state index contributed by atoms with van der Waals surface area (Å²) in [6.45, 7) is 8.25. The quantitative estimate of drug-likeness (QED) is 0.878. The molecule has 19 heavy (non-hydrogen) atoms. The Kier molecular flexibility index (Phi) is 4.11. The number of aliphatic hydroxyl groups is 1. The van der Waals surface area contributed by atoms with Crippen LogP contribution in [0.5, 0.6) is 0 Å². The van der Waals surface area contributed by atoms with E-state index in [0.717, 1.165) is 24.2 Å². The molecule has 1 fully saturated rings. The molecule has 4 heteroatoms. The van der Waals surface area contributed by atoms with E-state index < -0.39 is 6.10 Å². The monoisotopic (exact) mass is 263 g/mol. The molecule has 3 N–H and O–H groups in total. The summed E-state index contributed by atoms with van der Waals surface area (Å²) in [5.41, 5.74) is 7.42. The van der Waals surface area contributed by atoms with Gasteiger partial charge in [0.25, 0.3) is 0 Å². The van der Waals surface area contributed by atoms with Crippen molar-refractivity contribution in [3.63, 3.8) is 0 Å². The van der Waals surface area contributed by atoms with Crippen LogP contribution < -0.4 is 5.73 Å². The van der Waals surface area contributed by atoms with E-state index >= 15 is 0 Å². The number of aliphatic hydroxyl groups excluding tert-OH is 1. The molecule has 1 aromatic heterocycles. The lowest BCUT2D eigenvalue weighted by Gasteiger charge is -2.44. The Balaban J connectivity index is 2.28. The van der Waals surface area contributed by atoms with Gasteiger partial charge in [0.05, 0.1) is 0 Å². The van der Waals surface area contributed by atoms with Gasteiger partial charge in [0.1, 0.15) is 11.9 Å². The van der Waals surface area contributed by atoms with E-state index in [2.05, 4.69) is 23.7 Å². The van der Waals surface area contributed by atoms with Gasteiger partial charge in [-0.2, -0.15) is 0 Å². The highest BCUT2D eigenvalue weighted by Crippen LogP contribution is 2.36. The maximum atomic E-state index is 10.8. The summed E-state index contributed by atoms with van der Waals surface area (Å²) in [5, 5.41) is 10.8. The van der Waals surface area contributed by atoms with Crippen LogP contribution in [0.2, 0.25) is 0 Å². The minimum absolute atomic E-state index is 0.317. The molecule has 0 bridgehead atoms. The molecule has 1 saturated heterocycles. The van der Waals surface area contributed by atoms with E-state index in [1.165, 1.54) is 19.3 Å². The number of nitrogen functional groups attached to an aromatic ring is 1. The zero-order chi connectivity index (χ0) is 14.0. The normalized spacial score (nSPS) is 19.4. The fourth-order valence-corrected chi connectivity index (χ4v) is 2.94. The molecule has 0 aromatic carbocycles. The number of piperidine rings is 1. The Morgan fingerprint density at radius 3 is 2.53 bits per heavy atom. The largest absolute Gasteiger partial charge is 0.386 e. The average molecular weight is 263 g/mol. The zero-order valence-electron chi connectivity index (χ0n) is 12.2. The molecular formula is C15H25N3O. The summed E-state index contributed by atoms with van der Waals surface area (Å²) in [6.07, 6.45) is 4.78. The lowest BCUT2D eigenvalue weighted by atomic mass is 9.86. The van der Waals surface area contributed by atoms with Crippen molar-refractivity contribution in [3.8, 4) is 0 Å². The second-order valence-electron chi connectivity index (χ2n) is 6.03. The van der Waals surface area contributed by atoms with Crippen LogP contribution in [-0.4, -0.2) is 33.6 Å². The Morgan fingerprint density at radius 1 is 1.32 bits per heavy atom. The van der Waals surface area contributed by atoms with Crippen molar-refractivity contribution < 1.29 is 5.11 Å². The SMILES string of the molecule is Cc1ccnc(N)c1C(O)C(C)(C)N1CCCCC1. The molecule has 1 aromatic rings. The number of aromatic nitrogens is 1. The van der Waals surface area contributed by atoms with Crippen LogP contribution in [0.3, 0.4) is 0 Å². The number of aryl methyl sites for hydroxylation is 1. The lowest BCUT2D eigenvalue weighted by Crippen LogP contribution is -2.50. The molecule has 0 radical (unpaired) electrons. The fraction of sp³-hybridized carbons (Fsp3) is 0.667. The predicted octanol–water partition coefficient (Wildman–Crippen LogP) is 2.27. The van der Waals surface area contributed by atoms with Crippen LogP contribution in [0.15, 0.2) is 12.3 Å². The molecule has 1 aliphatic rings. The zero-order valence-corrected chi connectivity index (χ0v) is 12.2. The van der Waals surface area contributed by atoms with Crippen molar-refractivity contribution in [2.24, 2.45) is 0 Å². The predicted molar refractivity (Wildman–Crippen MR) is 77.8 cm³/mol. The van der Waals surface area contributed by atoms with Gasteiger partial charge >= 0.3 is 0 Å². The molecule has 1 unspecified atom stereocenters. The topological polar surface area (TPSA) is 62.4 Å². The van der Waals surface area contributed by atoms with Crippen LogP contribution in [0.25, 0.3) is 0 Å². The Morgan fingerprint density at radius 2 is 1.95 bits per heavy atom. The molecule has 1 aliphatic heterocycles. The molecule has 1 atom stereocenters. The highest BCUT2D eigenvalue weighted by atomic mass is 16.3. The maximum absolute atomic E-state index is 10.8. The van der Waals surface area contributed by atoms with Gasteiger partial charge in [0.15, 0.2) is 0 Å². The van der Waals surface area contributed by atoms with E-state index in [1.807, 2.05) is 13.0 Å². The smallest absolute Gasteiger partial charge is 0.129 e. The minimum Gasteiger partial charge on any atom is -0.386 e. The van der Waals surface area contributed by atoms with E-state index in [9.17, 15) is 5.11 Å². The summed E-state index contributed by atoms with van der Waals surface area (Å²) in [7, 11) is 0. The van der Waals surface area contributed by atoms with Crippen molar-refractivity contribution in [2.45, 2.75) is 51.7 Å². The van der Waals surface area contributed by atoms with Crippen LogP contribution >= 0.6 is 0 Å². The van der Waals surface area contributed by atoms with Crippen LogP contribution in [0, 0.1) is 6.92 Å². The van der Waals surface area contributed by atoms with Crippen LogP contribution in [0.1, 0.15) is 50.3 Å². The Hall–Kier alpha value is -1.13. The first-order valence-electron chi connectivity index (χ1n) is 7.08. The molecular weight excluding hydrogens is 238 g/mol. The molecule has 0 saturated carbocycles. The number of nitrogens with two attached hydrogens (primary N) is 1. The van der Waals surface area contributed by atoms with Crippen molar-refractivity contribution >= 4 is 5.82 Å². The van der Waals surface area contributed by atoms with E-state index in [4.69, 9.17) is 5.73 Å².